The fourth-order valence-corrected chi connectivity index (χ4v) is 1.70. The van der Waals surface area contributed by atoms with Gasteiger partial charge in [0.15, 0.2) is 0 Å². The van der Waals surface area contributed by atoms with Gasteiger partial charge in [0.25, 0.3) is 5.91 Å². The van der Waals surface area contributed by atoms with Gasteiger partial charge in [-0.05, 0) is 26.0 Å². The third-order valence-corrected chi connectivity index (χ3v) is 2.51. The molecule has 0 aliphatic carbocycles. The second kappa shape index (κ2) is 5.78. The van der Waals surface area contributed by atoms with Gasteiger partial charge in [-0.25, -0.2) is 4.39 Å². The van der Waals surface area contributed by atoms with Crippen LogP contribution in [0.2, 0.25) is 0 Å². The predicted octanol–water partition coefficient (Wildman–Crippen LogP) is 3.00. The number of methoxy groups -OCH3 is 1. The molecule has 20 heavy (non-hydrogen) atoms. The third-order valence-electron chi connectivity index (χ3n) is 2.51. The molecule has 1 amide bonds. The Morgan fingerprint density at radius 2 is 1.90 bits per heavy atom. The van der Waals surface area contributed by atoms with E-state index in [-0.39, 0.29) is 6.61 Å². The predicted molar refractivity (Wildman–Crippen MR) is 64.8 cm³/mol. The molecule has 0 radical (unpaired) electrons. The number of alkyl halides is 3. The van der Waals surface area contributed by atoms with Crippen LogP contribution in [0.15, 0.2) is 18.2 Å². The molecule has 0 aliphatic rings. The van der Waals surface area contributed by atoms with E-state index < -0.39 is 34.6 Å². The zero-order valence-electron chi connectivity index (χ0n) is 11.3. The number of amides is 1. The Hall–Kier alpha value is -1.63. The first-order valence-electron chi connectivity index (χ1n) is 5.75. The average molecular weight is 293 g/mol. The van der Waals surface area contributed by atoms with E-state index in [9.17, 15) is 22.4 Å². The normalized spacial score (nSPS) is 12.3. The lowest BCUT2D eigenvalue weighted by molar-refractivity contribution is -0.140. The van der Waals surface area contributed by atoms with Crippen molar-refractivity contribution < 1.29 is 27.1 Å². The fourth-order valence-electron chi connectivity index (χ4n) is 1.70. The van der Waals surface area contributed by atoms with Crippen LogP contribution in [-0.2, 0) is 10.9 Å². The van der Waals surface area contributed by atoms with E-state index in [4.69, 9.17) is 4.74 Å². The molecule has 0 heterocycles. The topological polar surface area (TPSA) is 38.3 Å². The minimum absolute atomic E-state index is 0.138. The number of nitrogens with one attached hydrogen (secondary N) is 1. The van der Waals surface area contributed by atoms with Crippen LogP contribution in [0.25, 0.3) is 0 Å². The van der Waals surface area contributed by atoms with E-state index >= 15 is 0 Å². The van der Waals surface area contributed by atoms with Crippen molar-refractivity contribution in [1.82, 2.24) is 5.32 Å². The molecule has 0 spiro atoms. The number of ether oxygens (including phenoxy) is 1. The van der Waals surface area contributed by atoms with E-state index in [1.165, 1.54) is 7.11 Å². The highest BCUT2D eigenvalue weighted by Gasteiger charge is 2.36. The Morgan fingerprint density at radius 3 is 2.40 bits per heavy atom. The van der Waals surface area contributed by atoms with Gasteiger partial charge in [-0.15, -0.1) is 0 Å². The third kappa shape index (κ3) is 3.93. The summed E-state index contributed by atoms with van der Waals surface area (Å²) in [5.74, 6) is -2.50. The molecule has 3 nitrogen and oxygen atoms in total. The summed E-state index contributed by atoms with van der Waals surface area (Å²) in [4.78, 5) is 11.9. The molecular formula is C13H15F4NO2. The molecule has 0 aromatic heterocycles. The highest BCUT2D eigenvalue weighted by Crippen LogP contribution is 2.32. The molecule has 0 atom stereocenters. The number of hydrogen-bond acceptors (Lipinski definition) is 2. The van der Waals surface area contributed by atoms with Crippen molar-refractivity contribution in [2.75, 3.05) is 13.7 Å². The summed E-state index contributed by atoms with van der Waals surface area (Å²) in [7, 11) is 1.42. The van der Waals surface area contributed by atoms with Gasteiger partial charge in [0.2, 0.25) is 0 Å². The summed E-state index contributed by atoms with van der Waals surface area (Å²) in [6, 6.07) is 2.58. The van der Waals surface area contributed by atoms with E-state index in [0.29, 0.717) is 6.07 Å². The number of hydrogen-bond donors (Lipinski definition) is 1. The summed E-state index contributed by atoms with van der Waals surface area (Å²) in [5.41, 5.74) is -2.94. The molecule has 0 bridgehead atoms. The van der Waals surface area contributed by atoms with Crippen LogP contribution in [0.1, 0.15) is 29.8 Å². The van der Waals surface area contributed by atoms with Gasteiger partial charge in [0, 0.05) is 7.11 Å². The highest BCUT2D eigenvalue weighted by molar-refractivity contribution is 5.95. The second-order valence-corrected chi connectivity index (χ2v) is 4.94. The van der Waals surface area contributed by atoms with Gasteiger partial charge in [0.1, 0.15) is 5.82 Å². The van der Waals surface area contributed by atoms with Crippen LogP contribution in [0.5, 0.6) is 0 Å². The lowest BCUT2D eigenvalue weighted by Gasteiger charge is -2.25. The second-order valence-electron chi connectivity index (χ2n) is 4.94. The number of carbonyl (C=O) groups is 1. The van der Waals surface area contributed by atoms with Gasteiger partial charge in [-0.1, -0.05) is 6.07 Å². The Balaban J connectivity index is 3.06. The zero-order valence-corrected chi connectivity index (χ0v) is 11.3. The Kier molecular flexibility index (Phi) is 4.75. The van der Waals surface area contributed by atoms with Crippen molar-refractivity contribution in [3.8, 4) is 0 Å². The molecule has 0 unspecified atom stereocenters. The summed E-state index contributed by atoms with van der Waals surface area (Å²) in [5, 5.41) is 2.42. The number of rotatable bonds is 4. The molecule has 112 valence electrons. The van der Waals surface area contributed by atoms with Crippen molar-refractivity contribution in [2.24, 2.45) is 0 Å². The average Bonchev–Trinajstić information content (AvgIpc) is 2.26. The molecule has 1 rings (SSSR count). The van der Waals surface area contributed by atoms with Crippen molar-refractivity contribution in [2.45, 2.75) is 25.6 Å². The monoisotopic (exact) mass is 293 g/mol. The lowest BCUT2D eigenvalue weighted by atomic mass is 10.0. The Morgan fingerprint density at radius 1 is 1.30 bits per heavy atom. The first kappa shape index (κ1) is 16.4. The molecule has 0 aliphatic heterocycles. The summed E-state index contributed by atoms with van der Waals surface area (Å²) >= 11 is 0. The fraction of sp³-hybridized carbons (Fsp3) is 0.462. The standard InChI is InChI=1S/C13H15F4NO2/c1-12(2,7-20-3)18-11(19)8-5-4-6-9(10(8)14)13(15,16)17/h4-6H,7H2,1-3H3,(H,18,19). The van der Waals surface area contributed by atoms with Crippen LogP contribution in [-0.4, -0.2) is 25.2 Å². The largest absolute Gasteiger partial charge is 0.419 e. The molecule has 0 saturated carbocycles. The Labute approximate surface area is 113 Å². The van der Waals surface area contributed by atoms with Crippen molar-refractivity contribution in [1.29, 1.82) is 0 Å². The molecule has 1 aromatic rings. The lowest BCUT2D eigenvalue weighted by Crippen LogP contribution is -2.47. The van der Waals surface area contributed by atoms with Crippen molar-refractivity contribution in [3.05, 3.63) is 35.1 Å². The van der Waals surface area contributed by atoms with E-state index in [0.717, 1.165) is 12.1 Å². The van der Waals surface area contributed by atoms with Crippen LogP contribution in [0, 0.1) is 5.82 Å². The van der Waals surface area contributed by atoms with Gasteiger partial charge < -0.3 is 10.1 Å². The number of benzene rings is 1. The summed E-state index contributed by atoms with van der Waals surface area (Å²) in [6.45, 7) is 3.36. The van der Waals surface area contributed by atoms with Gasteiger partial charge in [-0.3, -0.25) is 4.79 Å². The first-order valence-corrected chi connectivity index (χ1v) is 5.75. The van der Waals surface area contributed by atoms with E-state index in [2.05, 4.69) is 5.32 Å². The van der Waals surface area contributed by atoms with Crippen LogP contribution < -0.4 is 5.32 Å². The molecule has 1 N–H and O–H groups in total. The maximum absolute atomic E-state index is 13.8. The van der Waals surface area contributed by atoms with Gasteiger partial charge >= 0.3 is 6.18 Å². The summed E-state index contributed by atoms with van der Waals surface area (Å²) in [6.07, 6.45) is -4.84. The van der Waals surface area contributed by atoms with E-state index in [1.807, 2.05) is 0 Å². The quantitative estimate of drug-likeness (QED) is 0.867. The van der Waals surface area contributed by atoms with Crippen LogP contribution >= 0.6 is 0 Å². The smallest absolute Gasteiger partial charge is 0.382 e. The minimum Gasteiger partial charge on any atom is -0.382 e. The molecule has 7 heteroatoms. The first-order chi connectivity index (χ1) is 9.08. The molecule has 0 fully saturated rings. The number of halogens is 4. The maximum atomic E-state index is 13.8. The van der Waals surface area contributed by atoms with Gasteiger partial charge in [-0.2, -0.15) is 13.2 Å². The molecular weight excluding hydrogens is 278 g/mol. The summed E-state index contributed by atoms with van der Waals surface area (Å²) < 4.78 is 56.3. The SMILES string of the molecule is COCC(C)(C)NC(=O)c1cccc(C(F)(F)F)c1F. The Bertz CT molecular complexity index is 498. The maximum Gasteiger partial charge on any atom is 0.419 e. The van der Waals surface area contributed by atoms with E-state index in [1.54, 1.807) is 13.8 Å². The van der Waals surface area contributed by atoms with Crippen molar-refractivity contribution >= 4 is 5.91 Å². The number of carbonyl (C=O) groups excluding carboxylic acids is 1. The minimum atomic E-state index is -4.84. The van der Waals surface area contributed by atoms with Gasteiger partial charge in [0.05, 0.1) is 23.3 Å². The van der Waals surface area contributed by atoms with Crippen LogP contribution in [0.3, 0.4) is 0 Å². The van der Waals surface area contributed by atoms with Crippen LogP contribution in [0.4, 0.5) is 17.6 Å². The molecule has 0 saturated heterocycles. The zero-order chi connectivity index (χ0) is 15.6. The highest BCUT2D eigenvalue weighted by atomic mass is 19.4. The van der Waals surface area contributed by atoms with Crippen molar-refractivity contribution in [3.63, 3.8) is 0 Å². The molecule has 1 aromatic carbocycles.